The van der Waals surface area contributed by atoms with Crippen molar-refractivity contribution in [2.45, 2.75) is 0 Å². The van der Waals surface area contributed by atoms with Gasteiger partial charge < -0.3 is 14.8 Å². The first-order chi connectivity index (χ1) is 12.8. The van der Waals surface area contributed by atoms with E-state index in [1.54, 1.807) is 48.5 Å². The van der Waals surface area contributed by atoms with Gasteiger partial charge in [0.05, 0.1) is 25.6 Å². The van der Waals surface area contributed by atoms with Crippen LogP contribution < -0.4 is 19.1 Å². The molecule has 9 heteroatoms. The van der Waals surface area contributed by atoms with Gasteiger partial charge in [-0.15, -0.1) is 0 Å². The van der Waals surface area contributed by atoms with Crippen molar-refractivity contribution in [3.8, 4) is 11.5 Å². The van der Waals surface area contributed by atoms with Crippen molar-refractivity contribution >= 4 is 33.2 Å². The molecular formula is C18H21ClN2O5S. The number of nitrogens with zero attached hydrogens (tertiary/aromatic N) is 1. The third kappa shape index (κ3) is 6.65. The van der Waals surface area contributed by atoms with Gasteiger partial charge in [-0.25, -0.2) is 8.42 Å². The summed E-state index contributed by atoms with van der Waals surface area (Å²) in [5.41, 5.74) is 0.351. The normalized spacial score (nSPS) is 10.9. The highest BCUT2D eigenvalue weighted by Crippen LogP contribution is 2.22. The molecule has 0 aliphatic heterocycles. The number of methoxy groups -OCH3 is 1. The standard InChI is InChI=1S/C18H21ClN2O5S/c1-25-17-5-3-4-15(12-17)21(27(2,23)24)13-18(22)20-10-11-26-16-8-6-14(19)7-9-16/h3-9,12H,10-11,13H2,1-2H3,(H,20,22). The summed E-state index contributed by atoms with van der Waals surface area (Å²) in [6.45, 7) is 0.134. The summed E-state index contributed by atoms with van der Waals surface area (Å²) in [6.07, 6.45) is 1.05. The van der Waals surface area contributed by atoms with Crippen molar-refractivity contribution in [1.29, 1.82) is 0 Å². The molecule has 2 aromatic carbocycles. The van der Waals surface area contributed by atoms with E-state index in [4.69, 9.17) is 21.1 Å². The van der Waals surface area contributed by atoms with Gasteiger partial charge in [0.1, 0.15) is 24.7 Å². The largest absolute Gasteiger partial charge is 0.497 e. The second kappa shape index (κ2) is 9.48. The minimum absolute atomic E-state index is 0.233. The first-order valence-corrected chi connectivity index (χ1v) is 10.3. The Morgan fingerprint density at radius 1 is 1.15 bits per heavy atom. The van der Waals surface area contributed by atoms with Gasteiger partial charge in [-0.05, 0) is 36.4 Å². The Balaban J connectivity index is 1.91. The van der Waals surface area contributed by atoms with E-state index < -0.39 is 15.9 Å². The van der Waals surface area contributed by atoms with E-state index in [9.17, 15) is 13.2 Å². The Morgan fingerprint density at radius 2 is 1.85 bits per heavy atom. The maximum Gasteiger partial charge on any atom is 0.240 e. The number of hydrogen-bond donors (Lipinski definition) is 1. The SMILES string of the molecule is COc1cccc(N(CC(=O)NCCOc2ccc(Cl)cc2)S(C)(=O)=O)c1. The number of amides is 1. The van der Waals surface area contributed by atoms with Crippen LogP contribution in [-0.4, -0.2) is 47.4 Å². The first kappa shape index (κ1) is 20.9. The van der Waals surface area contributed by atoms with Gasteiger partial charge in [-0.2, -0.15) is 0 Å². The molecule has 146 valence electrons. The lowest BCUT2D eigenvalue weighted by Gasteiger charge is -2.22. The van der Waals surface area contributed by atoms with Crippen LogP contribution in [0.1, 0.15) is 0 Å². The summed E-state index contributed by atoms with van der Waals surface area (Å²) in [7, 11) is -2.16. The highest BCUT2D eigenvalue weighted by Gasteiger charge is 2.21. The zero-order valence-corrected chi connectivity index (χ0v) is 16.6. The second-order valence-corrected chi connectivity index (χ2v) is 7.97. The van der Waals surface area contributed by atoms with Crippen molar-refractivity contribution in [3.63, 3.8) is 0 Å². The molecule has 2 rings (SSSR count). The number of carbonyl (C=O) groups excluding carboxylic acids is 1. The molecule has 0 saturated heterocycles. The highest BCUT2D eigenvalue weighted by atomic mass is 35.5. The molecule has 1 amide bonds. The fraction of sp³-hybridized carbons (Fsp3) is 0.278. The number of carbonyl (C=O) groups is 1. The van der Waals surface area contributed by atoms with Crippen molar-refractivity contribution < 1.29 is 22.7 Å². The van der Waals surface area contributed by atoms with Crippen LogP contribution in [0.5, 0.6) is 11.5 Å². The lowest BCUT2D eigenvalue weighted by molar-refractivity contribution is -0.119. The maximum atomic E-state index is 12.2. The van der Waals surface area contributed by atoms with Crippen LogP contribution >= 0.6 is 11.6 Å². The summed E-state index contributed by atoms with van der Waals surface area (Å²) in [4.78, 5) is 12.2. The minimum Gasteiger partial charge on any atom is -0.497 e. The van der Waals surface area contributed by atoms with Crippen LogP contribution in [0.3, 0.4) is 0 Å². The van der Waals surface area contributed by atoms with E-state index in [0.29, 0.717) is 22.2 Å². The molecule has 0 atom stereocenters. The number of nitrogens with one attached hydrogen (secondary N) is 1. The van der Waals surface area contributed by atoms with E-state index in [1.165, 1.54) is 7.11 Å². The number of sulfonamides is 1. The molecule has 2 aromatic rings. The molecule has 27 heavy (non-hydrogen) atoms. The van der Waals surface area contributed by atoms with Crippen molar-refractivity contribution in [2.75, 3.05) is 37.4 Å². The summed E-state index contributed by atoms with van der Waals surface area (Å²) in [6, 6.07) is 13.3. The maximum absolute atomic E-state index is 12.2. The van der Waals surface area contributed by atoms with E-state index in [-0.39, 0.29) is 19.7 Å². The molecule has 7 nitrogen and oxygen atoms in total. The highest BCUT2D eigenvalue weighted by molar-refractivity contribution is 7.92. The van der Waals surface area contributed by atoms with E-state index in [2.05, 4.69) is 5.32 Å². The number of halogens is 1. The Kier molecular flexibility index (Phi) is 7.32. The van der Waals surface area contributed by atoms with Crippen molar-refractivity contribution in [3.05, 3.63) is 53.6 Å². The average molecular weight is 413 g/mol. The summed E-state index contributed by atoms with van der Waals surface area (Å²) >= 11 is 5.80. The second-order valence-electron chi connectivity index (χ2n) is 5.62. The topological polar surface area (TPSA) is 84.9 Å². The van der Waals surface area contributed by atoms with Crippen LogP contribution in [0.2, 0.25) is 5.02 Å². The third-order valence-electron chi connectivity index (χ3n) is 3.54. The van der Waals surface area contributed by atoms with Crippen LogP contribution in [0.15, 0.2) is 48.5 Å². The molecule has 0 spiro atoms. The molecule has 0 saturated carbocycles. The zero-order chi connectivity index (χ0) is 19.9. The molecule has 0 aliphatic carbocycles. The zero-order valence-electron chi connectivity index (χ0n) is 15.0. The Morgan fingerprint density at radius 3 is 2.48 bits per heavy atom. The van der Waals surface area contributed by atoms with E-state index in [1.807, 2.05) is 0 Å². The number of hydrogen-bond acceptors (Lipinski definition) is 5. The molecule has 0 bridgehead atoms. The fourth-order valence-electron chi connectivity index (χ4n) is 2.24. The molecule has 0 fully saturated rings. The molecular weight excluding hydrogens is 392 g/mol. The fourth-order valence-corrected chi connectivity index (χ4v) is 3.22. The molecule has 1 N–H and O–H groups in total. The average Bonchev–Trinajstić information content (AvgIpc) is 2.64. The third-order valence-corrected chi connectivity index (χ3v) is 4.93. The molecule has 0 radical (unpaired) electrons. The molecule has 0 aromatic heterocycles. The first-order valence-electron chi connectivity index (χ1n) is 8.06. The Labute approximate surface area is 163 Å². The van der Waals surface area contributed by atoms with E-state index >= 15 is 0 Å². The molecule has 0 aliphatic rings. The van der Waals surface area contributed by atoms with Gasteiger partial charge in [-0.1, -0.05) is 17.7 Å². The van der Waals surface area contributed by atoms with Crippen molar-refractivity contribution in [2.24, 2.45) is 0 Å². The van der Waals surface area contributed by atoms with E-state index in [0.717, 1.165) is 10.6 Å². The summed E-state index contributed by atoms with van der Waals surface area (Å²) < 4.78 is 35.8. The van der Waals surface area contributed by atoms with Crippen LogP contribution in [0, 0.1) is 0 Å². The number of ether oxygens (including phenoxy) is 2. The number of rotatable bonds is 9. The van der Waals surface area contributed by atoms with Gasteiger partial charge in [-0.3, -0.25) is 9.10 Å². The predicted octanol–water partition coefficient (Wildman–Crippen LogP) is 2.31. The van der Waals surface area contributed by atoms with Gasteiger partial charge in [0.2, 0.25) is 15.9 Å². The Bertz CT molecular complexity index is 872. The number of benzene rings is 2. The van der Waals surface area contributed by atoms with Gasteiger partial charge in [0.25, 0.3) is 0 Å². The monoisotopic (exact) mass is 412 g/mol. The predicted molar refractivity (Wildman–Crippen MR) is 105 cm³/mol. The van der Waals surface area contributed by atoms with Gasteiger partial charge >= 0.3 is 0 Å². The molecule has 0 unspecified atom stereocenters. The minimum atomic E-state index is -3.64. The van der Waals surface area contributed by atoms with Crippen LogP contribution in [0.4, 0.5) is 5.69 Å². The van der Waals surface area contributed by atoms with Crippen molar-refractivity contribution in [1.82, 2.24) is 5.32 Å². The smallest absolute Gasteiger partial charge is 0.240 e. The summed E-state index contributed by atoms with van der Waals surface area (Å²) in [5.74, 6) is 0.684. The van der Waals surface area contributed by atoms with Gasteiger partial charge in [0, 0.05) is 11.1 Å². The molecule has 0 heterocycles. The van der Waals surface area contributed by atoms with Crippen LogP contribution in [0.25, 0.3) is 0 Å². The lowest BCUT2D eigenvalue weighted by atomic mass is 10.3. The Hall–Kier alpha value is -2.45. The summed E-state index contributed by atoms with van der Waals surface area (Å²) in [5, 5.41) is 3.24. The number of anilines is 1. The lowest BCUT2D eigenvalue weighted by Crippen LogP contribution is -2.41. The van der Waals surface area contributed by atoms with Crippen LogP contribution in [-0.2, 0) is 14.8 Å². The quantitative estimate of drug-likeness (QED) is 0.639. The van der Waals surface area contributed by atoms with Gasteiger partial charge in [0.15, 0.2) is 0 Å².